The number of rotatable bonds is 36. The van der Waals surface area contributed by atoms with Gasteiger partial charge in [0.25, 0.3) is 17.7 Å². The number of carbonyl (C=O) groups excluding carboxylic acids is 3. The maximum absolute atomic E-state index is 12.7. The monoisotopic (exact) mass is 1950 g/mol. The van der Waals surface area contributed by atoms with Crippen LogP contribution in [0.15, 0.2) is 256 Å². The molecule has 29 heteroatoms. The van der Waals surface area contributed by atoms with Crippen molar-refractivity contribution in [3.8, 4) is 69.0 Å². The summed E-state index contributed by atoms with van der Waals surface area (Å²) in [4.78, 5) is 73.3. The van der Waals surface area contributed by atoms with E-state index in [1.165, 1.54) is 99.1 Å². The summed E-state index contributed by atoms with van der Waals surface area (Å²) in [6, 6.07) is 56.6. The van der Waals surface area contributed by atoms with Crippen molar-refractivity contribution >= 4 is 46.2 Å². The van der Waals surface area contributed by atoms with Gasteiger partial charge in [0.05, 0.1) is 90.1 Å². The normalized spacial score (nSPS) is 14.4. The number of nitrogens with zero attached hydrogens (tertiary/aromatic N) is 12. The first kappa shape index (κ1) is 106. The summed E-state index contributed by atoms with van der Waals surface area (Å²) in [7, 11) is 19.7. The van der Waals surface area contributed by atoms with E-state index in [1.807, 2.05) is 128 Å². The Hall–Kier alpha value is -14.5. The molecule has 0 bridgehead atoms. The Morgan fingerprint density at radius 2 is 0.643 bits per heavy atom. The van der Waals surface area contributed by atoms with Crippen LogP contribution in [0.3, 0.4) is 0 Å². The highest BCUT2D eigenvalue weighted by Crippen LogP contribution is 2.42. The first-order valence-electron chi connectivity index (χ1n) is 49.4. The predicted octanol–water partition coefficient (Wildman–Crippen LogP) is 23.3. The number of carbonyl (C=O) groups is 3. The molecule has 6 saturated carbocycles. The van der Waals surface area contributed by atoms with Crippen LogP contribution in [0.25, 0.3) is 0 Å². The van der Waals surface area contributed by atoms with Gasteiger partial charge in [-0.05, 0) is 321 Å². The molecule has 143 heavy (non-hydrogen) atoms. The zero-order chi connectivity index (χ0) is 101. The van der Waals surface area contributed by atoms with Gasteiger partial charge >= 0.3 is 6.61 Å². The zero-order valence-corrected chi connectivity index (χ0v) is 84.1. The lowest BCUT2D eigenvalue weighted by Gasteiger charge is -2.22. The number of ether oxygens (including phenoxy) is 12. The van der Waals surface area contributed by atoms with Gasteiger partial charge in [0.2, 0.25) is 0 Å². The summed E-state index contributed by atoms with van der Waals surface area (Å²) in [6.45, 7) is 0.344. The fraction of sp³-hybridized carbons (Fsp3) is 0.395. The van der Waals surface area contributed by atoms with Crippen LogP contribution in [-0.4, -0.2) is 174 Å². The molecule has 18 rings (SSSR count). The van der Waals surface area contributed by atoms with Crippen LogP contribution in [-0.2, 0) is 26.2 Å². The lowest BCUT2D eigenvalue weighted by atomic mass is 10.1. The minimum atomic E-state index is -2.95. The molecule has 0 spiro atoms. The van der Waals surface area contributed by atoms with Gasteiger partial charge in [-0.1, -0.05) is 12.1 Å². The summed E-state index contributed by atoms with van der Waals surface area (Å²) < 4.78 is 93.2. The van der Waals surface area contributed by atoms with Gasteiger partial charge < -0.3 is 86.2 Å². The fourth-order valence-corrected chi connectivity index (χ4v) is 17.5. The first-order valence-corrected chi connectivity index (χ1v) is 49.4. The van der Waals surface area contributed by atoms with Crippen molar-refractivity contribution in [1.82, 2.24) is 34.8 Å². The first-order chi connectivity index (χ1) is 69.7. The third-order valence-corrected chi connectivity index (χ3v) is 25.8. The molecule has 756 valence electrons. The third kappa shape index (κ3) is 32.5. The molecule has 0 radical (unpaired) electrons. The minimum Gasteiger partial charge on any atom is -0.493 e. The molecule has 12 aromatic rings. The van der Waals surface area contributed by atoms with Crippen molar-refractivity contribution in [2.45, 2.75) is 205 Å². The van der Waals surface area contributed by atoms with Gasteiger partial charge in [-0.15, -0.1) is 0 Å². The number of amides is 3. The molecule has 27 nitrogen and oxygen atoms in total. The maximum Gasteiger partial charge on any atom is 0.387 e. The van der Waals surface area contributed by atoms with Crippen molar-refractivity contribution < 1.29 is 80.0 Å². The van der Waals surface area contributed by atoms with Gasteiger partial charge in [-0.2, -0.15) is 8.78 Å². The molecule has 6 aliphatic carbocycles. The van der Waals surface area contributed by atoms with Gasteiger partial charge in [0.1, 0.15) is 0 Å². The Kier molecular flexibility index (Phi) is 40.7. The Morgan fingerprint density at radius 3 is 1.04 bits per heavy atom. The average molecular weight is 1950 g/mol. The van der Waals surface area contributed by atoms with E-state index in [4.69, 9.17) is 52.1 Å². The standard InChI is InChI=1S/C19H20F2N2O3.2C19H22N2O3.3C19H24N2O2/c1-23(11-13-6-8-22-9-7-13)18(24)15-4-5-16(26-19(20)21)17(10-15)25-12-14-2-3-14;1-21(19(22)14-6-5-11-20-13-14)15-9-10-17(23-2)18(12-15)24-16-7-3-4-8-16;1-21(19(22)14-9-11-20-12-10-14)15-7-8-17(23-2)18(13-15)24-16-5-3-4-6-16;1-21(16-6-5-11-20-13-16)14-15-9-10-18(22-2)19(12-15)23-17-7-3-4-8-17;1-21(14-15-9-11-20-12-10-15)16-7-8-18(22-2)19(13-16)23-17-5-3-4-6-17;1-21(16-9-11-20-12-10-16)14-15-7-8-18(22-2)19(13-15)23-17-5-3-4-6-17/h4-10,14,19H,2-3,11-12H2,1H3;5-6,9-13,16H,3-4,7-8H2,1-2H3;7-13,16H,3-6H2,1-2H3;5-6,9-13,17H,3-4,7-8,14H2,1-2H3;2*7-13,17H,3-6,14H2,1-2H3. The molecule has 6 aromatic carbocycles. The Morgan fingerprint density at radius 1 is 0.294 bits per heavy atom. The van der Waals surface area contributed by atoms with Crippen LogP contribution in [0, 0.1) is 5.92 Å². The van der Waals surface area contributed by atoms with E-state index in [1.54, 1.807) is 139 Å². The summed E-state index contributed by atoms with van der Waals surface area (Å²) in [5.41, 5.74) is 11.0. The van der Waals surface area contributed by atoms with E-state index in [2.05, 4.69) is 113 Å². The van der Waals surface area contributed by atoms with Crippen molar-refractivity contribution in [3.05, 3.63) is 295 Å². The number of methoxy groups -OCH3 is 5. The smallest absolute Gasteiger partial charge is 0.387 e. The van der Waals surface area contributed by atoms with E-state index in [0.717, 1.165) is 165 Å². The topological polar surface area (TPSA) is 259 Å². The molecular formula is C114H136F2N12O15. The number of alkyl halides is 2. The van der Waals surface area contributed by atoms with E-state index in [9.17, 15) is 23.2 Å². The quantitative estimate of drug-likeness (QED) is 0.0353. The van der Waals surface area contributed by atoms with Crippen molar-refractivity contribution in [2.24, 2.45) is 5.92 Å². The van der Waals surface area contributed by atoms with Crippen LogP contribution in [0.4, 0.5) is 37.2 Å². The van der Waals surface area contributed by atoms with Gasteiger partial charge in [0.15, 0.2) is 69.0 Å². The molecule has 0 N–H and O–H groups in total. The van der Waals surface area contributed by atoms with Crippen LogP contribution >= 0.6 is 0 Å². The number of hydrogen-bond acceptors (Lipinski definition) is 24. The predicted molar refractivity (Wildman–Crippen MR) is 554 cm³/mol. The van der Waals surface area contributed by atoms with E-state index < -0.39 is 6.61 Å². The summed E-state index contributed by atoms with van der Waals surface area (Å²) in [5.74, 6) is 7.87. The molecule has 6 fully saturated rings. The van der Waals surface area contributed by atoms with Gasteiger partial charge in [-0.3, -0.25) is 44.3 Å². The van der Waals surface area contributed by atoms with E-state index >= 15 is 0 Å². The molecule has 0 aliphatic heterocycles. The number of anilines is 5. The highest BCUT2D eigenvalue weighted by Gasteiger charge is 2.29. The van der Waals surface area contributed by atoms with Crippen LogP contribution < -0.4 is 81.3 Å². The van der Waals surface area contributed by atoms with Gasteiger partial charge in [-0.25, -0.2) is 0 Å². The SMILES string of the molecule is CN(Cc1ccncc1)C(=O)c1ccc(OC(F)F)c(OCC2CC2)c1.COc1ccc(CN(C)c2cccnc2)cc1OC1CCCC1.COc1ccc(CN(C)c2ccncc2)cc1OC1CCCC1.COc1ccc(N(C)C(=O)c2cccnc2)cc1OC1CCCC1.COc1ccc(N(C)C(=O)c2ccncc2)cc1OC1CCCC1.COc1ccc(N(C)Cc2ccncc2)cc1OC1CCCC1. The average Bonchev–Trinajstić information content (AvgIpc) is 1.69. The van der Waals surface area contributed by atoms with Gasteiger partial charge in [0, 0.05) is 189 Å². The lowest BCUT2D eigenvalue weighted by molar-refractivity contribution is -0.0515. The zero-order valence-electron chi connectivity index (χ0n) is 84.1. The summed E-state index contributed by atoms with van der Waals surface area (Å²) >= 11 is 0. The molecular weight excluding hydrogens is 1820 g/mol. The van der Waals surface area contributed by atoms with Crippen LogP contribution in [0.5, 0.6) is 69.0 Å². The van der Waals surface area contributed by atoms with Crippen LogP contribution in [0.2, 0.25) is 0 Å². The fourth-order valence-electron chi connectivity index (χ4n) is 17.5. The highest BCUT2D eigenvalue weighted by atomic mass is 19.3. The van der Waals surface area contributed by atoms with E-state index in [-0.39, 0.29) is 41.4 Å². The third-order valence-electron chi connectivity index (χ3n) is 25.8. The van der Waals surface area contributed by atoms with Crippen molar-refractivity contribution in [3.63, 3.8) is 0 Å². The number of benzene rings is 6. The number of halogens is 2. The lowest BCUT2D eigenvalue weighted by Crippen LogP contribution is -2.26. The Balaban J connectivity index is 0.000000144. The molecule has 6 aliphatic rings. The Bertz CT molecular complexity index is 5630. The Labute approximate surface area is 840 Å². The maximum atomic E-state index is 12.7. The van der Waals surface area contributed by atoms with Crippen LogP contribution in [0.1, 0.15) is 195 Å². The summed E-state index contributed by atoms with van der Waals surface area (Å²) in [5, 5.41) is 0. The highest BCUT2D eigenvalue weighted by molar-refractivity contribution is 6.06. The molecule has 6 heterocycles. The second-order valence-electron chi connectivity index (χ2n) is 36.5. The number of aromatic nitrogens is 6. The second kappa shape index (κ2) is 55.1. The molecule has 0 saturated heterocycles. The summed E-state index contributed by atoms with van der Waals surface area (Å²) in [6.07, 6.45) is 47.8. The number of hydrogen-bond donors (Lipinski definition) is 0. The molecule has 3 amide bonds. The van der Waals surface area contributed by atoms with Crippen molar-refractivity contribution in [1.29, 1.82) is 0 Å². The largest absolute Gasteiger partial charge is 0.493 e. The molecule has 0 atom stereocenters. The number of pyridine rings is 6. The second-order valence-corrected chi connectivity index (χ2v) is 36.5. The molecule has 6 aromatic heterocycles. The molecule has 0 unspecified atom stereocenters. The van der Waals surface area contributed by atoms with E-state index in [0.29, 0.717) is 77.1 Å². The minimum absolute atomic E-state index is 0.0611. The van der Waals surface area contributed by atoms with Crippen molar-refractivity contribution in [2.75, 3.05) is 109 Å².